The van der Waals surface area contributed by atoms with Gasteiger partial charge >= 0.3 is 0 Å². The molecule has 2 N–H and O–H groups in total. The fourth-order valence-electron chi connectivity index (χ4n) is 2.46. The van der Waals surface area contributed by atoms with Crippen molar-refractivity contribution in [3.05, 3.63) is 59.7 Å². The minimum Gasteiger partial charge on any atom is -0.491 e. The van der Waals surface area contributed by atoms with Crippen LogP contribution in [0.25, 0.3) is 0 Å². The molecule has 0 spiro atoms. The average molecular weight is 389 g/mol. The maximum Gasteiger partial charge on any atom is 0.170 e. The molecular formula is C21H28N2OS2. The Morgan fingerprint density at radius 3 is 2.73 bits per heavy atom. The molecular weight excluding hydrogens is 360 g/mol. The van der Waals surface area contributed by atoms with Gasteiger partial charge in [-0.05, 0) is 62.9 Å². The molecule has 5 heteroatoms. The zero-order valence-corrected chi connectivity index (χ0v) is 17.4. The van der Waals surface area contributed by atoms with Crippen LogP contribution in [-0.2, 0) is 5.75 Å². The van der Waals surface area contributed by atoms with Crippen molar-refractivity contribution in [2.45, 2.75) is 39.0 Å². The first-order chi connectivity index (χ1) is 12.5. The van der Waals surface area contributed by atoms with E-state index in [0.29, 0.717) is 5.11 Å². The molecule has 0 aromatic heterocycles. The lowest BCUT2D eigenvalue weighted by Gasteiger charge is -2.13. The number of nitrogens with one attached hydrogen (secondary N) is 2. The molecule has 0 aliphatic carbocycles. The smallest absolute Gasteiger partial charge is 0.170 e. The quantitative estimate of drug-likeness (QED) is 0.444. The summed E-state index contributed by atoms with van der Waals surface area (Å²) in [6, 6.07) is 16.6. The van der Waals surface area contributed by atoms with Gasteiger partial charge < -0.3 is 15.4 Å². The van der Waals surface area contributed by atoms with Gasteiger partial charge in [0.1, 0.15) is 5.75 Å². The summed E-state index contributed by atoms with van der Waals surface area (Å²) in [5.41, 5.74) is 3.65. The molecule has 0 aliphatic heterocycles. The van der Waals surface area contributed by atoms with E-state index in [1.807, 2.05) is 49.9 Å². The highest BCUT2D eigenvalue weighted by molar-refractivity contribution is 7.98. The van der Waals surface area contributed by atoms with Gasteiger partial charge in [0.05, 0.1) is 6.10 Å². The highest BCUT2D eigenvalue weighted by atomic mass is 32.2. The van der Waals surface area contributed by atoms with Gasteiger partial charge in [0, 0.05) is 24.1 Å². The fraction of sp³-hybridized carbons (Fsp3) is 0.381. The van der Waals surface area contributed by atoms with Crippen molar-refractivity contribution in [3.63, 3.8) is 0 Å². The van der Waals surface area contributed by atoms with Crippen molar-refractivity contribution < 1.29 is 4.74 Å². The number of rotatable bonds is 9. The van der Waals surface area contributed by atoms with Crippen LogP contribution in [-0.4, -0.2) is 23.5 Å². The van der Waals surface area contributed by atoms with Gasteiger partial charge in [0.15, 0.2) is 5.11 Å². The number of hydrogen-bond acceptors (Lipinski definition) is 3. The molecule has 0 unspecified atom stereocenters. The number of thiocarbonyl (C=S) groups is 1. The number of aryl methyl sites for hydroxylation is 1. The molecule has 0 saturated heterocycles. The van der Waals surface area contributed by atoms with Gasteiger partial charge in [-0.25, -0.2) is 0 Å². The Morgan fingerprint density at radius 1 is 1.15 bits per heavy atom. The van der Waals surface area contributed by atoms with Crippen LogP contribution in [0.5, 0.6) is 5.75 Å². The molecule has 0 aliphatic rings. The van der Waals surface area contributed by atoms with E-state index >= 15 is 0 Å². The normalized spacial score (nSPS) is 10.6. The second-order valence-corrected chi connectivity index (χ2v) is 7.98. The maximum atomic E-state index is 5.70. The van der Waals surface area contributed by atoms with Gasteiger partial charge in [-0.15, -0.1) is 0 Å². The first-order valence-corrected chi connectivity index (χ1v) is 10.5. The van der Waals surface area contributed by atoms with Crippen LogP contribution in [0.3, 0.4) is 0 Å². The van der Waals surface area contributed by atoms with Crippen molar-refractivity contribution >= 4 is 34.8 Å². The minimum absolute atomic E-state index is 0.160. The highest BCUT2D eigenvalue weighted by Crippen LogP contribution is 2.18. The molecule has 0 atom stereocenters. The second-order valence-electron chi connectivity index (χ2n) is 6.47. The lowest BCUT2D eigenvalue weighted by molar-refractivity contribution is 0.242. The van der Waals surface area contributed by atoms with E-state index in [1.54, 1.807) is 0 Å². The van der Waals surface area contributed by atoms with E-state index in [4.69, 9.17) is 17.0 Å². The van der Waals surface area contributed by atoms with Crippen molar-refractivity contribution in [2.24, 2.45) is 0 Å². The summed E-state index contributed by atoms with van der Waals surface area (Å²) in [6.07, 6.45) is 1.24. The third kappa shape index (κ3) is 8.11. The predicted molar refractivity (Wildman–Crippen MR) is 118 cm³/mol. The highest BCUT2D eigenvalue weighted by Gasteiger charge is 2.01. The first kappa shape index (κ1) is 20.6. The van der Waals surface area contributed by atoms with E-state index in [0.717, 1.165) is 35.9 Å². The van der Waals surface area contributed by atoms with Crippen LogP contribution in [0, 0.1) is 6.92 Å². The summed E-state index contributed by atoms with van der Waals surface area (Å²) in [4.78, 5) is 0. The summed E-state index contributed by atoms with van der Waals surface area (Å²) in [5, 5.41) is 7.13. The van der Waals surface area contributed by atoms with E-state index in [-0.39, 0.29) is 6.10 Å². The Bertz CT molecular complexity index is 704. The van der Waals surface area contributed by atoms with Crippen molar-refractivity contribution in [3.8, 4) is 5.75 Å². The monoisotopic (exact) mass is 388 g/mol. The lowest BCUT2D eigenvalue weighted by atomic mass is 10.2. The van der Waals surface area contributed by atoms with E-state index in [1.165, 1.54) is 11.1 Å². The Labute approximate surface area is 166 Å². The number of ether oxygens (including phenoxy) is 1. The van der Waals surface area contributed by atoms with Crippen LogP contribution in [0.1, 0.15) is 31.4 Å². The van der Waals surface area contributed by atoms with Gasteiger partial charge in [-0.2, -0.15) is 11.8 Å². The summed E-state index contributed by atoms with van der Waals surface area (Å²) >= 11 is 7.32. The van der Waals surface area contributed by atoms with Crippen molar-refractivity contribution in [1.29, 1.82) is 0 Å². The molecule has 0 radical (unpaired) electrons. The van der Waals surface area contributed by atoms with Crippen molar-refractivity contribution in [1.82, 2.24) is 5.32 Å². The molecule has 0 fully saturated rings. The van der Waals surface area contributed by atoms with Crippen LogP contribution in [0.15, 0.2) is 48.5 Å². The second kappa shape index (κ2) is 11.1. The molecule has 26 heavy (non-hydrogen) atoms. The topological polar surface area (TPSA) is 33.3 Å². The van der Waals surface area contributed by atoms with Crippen LogP contribution in [0.2, 0.25) is 0 Å². The molecule has 2 aromatic rings. The Kier molecular flexibility index (Phi) is 8.78. The predicted octanol–water partition coefficient (Wildman–Crippen LogP) is 5.39. The number of hydrogen-bond donors (Lipinski definition) is 2. The largest absolute Gasteiger partial charge is 0.491 e. The number of benzene rings is 2. The van der Waals surface area contributed by atoms with Gasteiger partial charge in [0.25, 0.3) is 0 Å². The Morgan fingerprint density at radius 2 is 1.96 bits per heavy atom. The molecule has 3 nitrogen and oxygen atoms in total. The average Bonchev–Trinajstić information content (AvgIpc) is 2.58. The lowest BCUT2D eigenvalue weighted by Crippen LogP contribution is -2.29. The Balaban J connectivity index is 1.61. The summed E-state index contributed by atoms with van der Waals surface area (Å²) in [7, 11) is 0. The fourth-order valence-corrected chi connectivity index (χ4v) is 3.59. The van der Waals surface area contributed by atoms with E-state index in [2.05, 4.69) is 41.8 Å². The summed E-state index contributed by atoms with van der Waals surface area (Å²) in [6.45, 7) is 7.04. The minimum atomic E-state index is 0.160. The number of thioether (sulfide) groups is 1. The molecule has 0 bridgehead atoms. The zero-order valence-electron chi connectivity index (χ0n) is 15.7. The summed E-state index contributed by atoms with van der Waals surface area (Å²) < 4.78 is 5.70. The first-order valence-electron chi connectivity index (χ1n) is 8.98. The number of anilines is 1. The standard InChI is InChI=1S/C21H28N2OS2/c1-16(2)24-20-10-5-9-19(14-20)23-21(25)22-11-6-12-26-15-18-8-4-7-17(3)13-18/h4-5,7-10,13-14,16H,6,11-12,15H2,1-3H3,(H2,22,23,25). The summed E-state index contributed by atoms with van der Waals surface area (Å²) in [5.74, 6) is 3.02. The molecule has 0 heterocycles. The van der Waals surface area contributed by atoms with Crippen LogP contribution < -0.4 is 15.4 Å². The van der Waals surface area contributed by atoms with Crippen molar-refractivity contribution in [2.75, 3.05) is 17.6 Å². The SMILES string of the molecule is Cc1cccc(CSCCCNC(=S)Nc2cccc(OC(C)C)c2)c1. The molecule has 0 amide bonds. The zero-order chi connectivity index (χ0) is 18.8. The third-order valence-electron chi connectivity index (χ3n) is 3.57. The van der Waals surface area contributed by atoms with Crippen LogP contribution in [0.4, 0.5) is 5.69 Å². The molecule has 2 rings (SSSR count). The van der Waals surface area contributed by atoms with E-state index in [9.17, 15) is 0 Å². The van der Waals surface area contributed by atoms with Gasteiger partial charge in [0.2, 0.25) is 0 Å². The van der Waals surface area contributed by atoms with Crippen LogP contribution >= 0.6 is 24.0 Å². The Hall–Kier alpha value is -1.72. The maximum absolute atomic E-state index is 5.70. The molecule has 0 saturated carbocycles. The molecule has 2 aromatic carbocycles. The van der Waals surface area contributed by atoms with Gasteiger partial charge in [-0.1, -0.05) is 35.9 Å². The van der Waals surface area contributed by atoms with Gasteiger partial charge in [-0.3, -0.25) is 0 Å². The third-order valence-corrected chi connectivity index (χ3v) is 4.93. The van der Waals surface area contributed by atoms with E-state index < -0.39 is 0 Å². The molecule has 140 valence electrons.